The molecule has 0 radical (unpaired) electrons. The maximum absolute atomic E-state index is 12.5. The molecule has 0 atom stereocenters. The number of ether oxygens (including phenoxy) is 2. The smallest absolute Gasteiger partial charge is 0.197 e. The van der Waals surface area contributed by atoms with Crippen LogP contribution >= 0.6 is 11.3 Å². The predicted molar refractivity (Wildman–Crippen MR) is 105 cm³/mol. The monoisotopic (exact) mass is 376 g/mol. The van der Waals surface area contributed by atoms with E-state index in [9.17, 15) is 9.59 Å². The Hall–Kier alpha value is -3.18. The molecule has 1 aromatic heterocycles. The van der Waals surface area contributed by atoms with Gasteiger partial charge >= 0.3 is 0 Å². The predicted octanol–water partition coefficient (Wildman–Crippen LogP) is 4.80. The van der Waals surface area contributed by atoms with Crippen molar-refractivity contribution in [1.82, 2.24) is 0 Å². The van der Waals surface area contributed by atoms with Crippen molar-refractivity contribution in [1.29, 1.82) is 0 Å². The summed E-state index contributed by atoms with van der Waals surface area (Å²) < 4.78 is 11.2. The number of methoxy groups -OCH3 is 1. The number of benzene rings is 2. The first-order valence-electron chi connectivity index (χ1n) is 8.40. The molecular formula is C22H16O4S. The first-order chi connectivity index (χ1) is 13.2. The molecule has 134 valence electrons. The van der Waals surface area contributed by atoms with Crippen LogP contribution in [0.5, 0.6) is 11.5 Å². The Kier molecular flexibility index (Phi) is 4.60. The van der Waals surface area contributed by atoms with Crippen LogP contribution in [0.1, 0.15) is 31.2 Å². The van der Waals surface area contributed by atoms with E-state index in [0.717, 1.165) is 4.88 Å². The first-order valence-corrected chi connectivity index (χ1v) is 9.28. The molecule has 0 unspecified atom stereocenters. The van der Waals surface area contributed by atoms with Crippen LogP contribution in [0.2, 0.25) is 0 Å². The number of hydrogen-bond donors (Lipinski definition) is 0. The zero-order valence-electron chi connectivity index (χ0n) is 14.6. The van der Waals surface area contributed by atoms with Gasteiger partial charge in [0.1, 0.15) is 6.61 Å². The summed E-state index contributed by atoms with van der Waals surface area (Å²) >= 11 is 1.62. The van der Waals surface area contributed by atoms with Crippen LogP contribution in [0.3, 0.4) is 0 Å². The summed E-state index contributed by atoms with van der Waals surface area (Å²) in [6.45, 7) is 0.459. The fourth-order valence-electron chi connectivity index (χ4n) is 3.01. The Bertz CT molecular complexity index is 1010. The van der Waals surface area contributed by atoms with Crippen LogP contribution in [0, 0.1) is 0 Å². The second-order valence-electron chi connectivity index (χ2n) is 6.04. The molecule has 1 aliphatic carbocycles. The average molecular weight is 376 g/mol. The molecule has 5 heteroatoms. The number of carbonyl (C=O) groups excluding carboxylic acids is 2. The topological polar surface area (TPSA) is 52.6 Å². The van der Waals surface area contributed by atoms with Crippen molar-refractivity contribution in [3.8, 4) is 11.5 Å². The van der Waals surface area contributed by atoms with Crippen LogP contribution in [-0.4, -0.2) is 18.7 Å². The molecule has 0 fully saturated rings. The lowest BCUT2D eigenvalue weighted by atomic mass is 10.1. The third kappa shape index (κ3) is 3.29. The van der Waals surface area contributed by atoms with Crippen molar-refractivity contribution >= 4 is 29.0 Å². The molecule has 1 aliphatic rings. The molecular weight excluding hydrogens is 360 g/mol. The Morgan fingerprint density at radius 3 is 2.30 bits per heavy atom. The number of rotatable bonds is 5. The fourth-order valence-corrected chi connectivity index (χ4v) is 3.62. The fraction of sp³-hybridized carbons (Fsp3) is 0.0909. The van der Waals surface area contributed by atoms with Crippen molar-refractivity contribution in [3.63, 3.8) is 0 Å². The lowest BCUT2D eigenvalue weighted by Crippen LogP contribution is -2.00. The number of fused-ring (bicyclic) bond motifs is 1. The minimum Gasteiger partial charge on any atom is -0.493 e. The number of carbonyl (C=O) groups is 2. The summed E-state index contributed by atoms with van der Waals surface area (Å²) in [6, 6.07) is 16.2. The first kappa shape index (κ1) is 17.2. The van der Waals surface area contributed by atoms with Gasteiger partial charge in [0.15, 0.2) is 23.1 Å². The lowest BCUT2D eigenvalue weighted by molar-refractivity contribution is 0.0990. The van der Waals surface area contributed by atoms with Gasteiger partial charge in [-0.25, -0.2) is 0 Å². The standard InChI is InChI=1S/C22H16O4S/c1-25-20-12-14(8-9-19(20)26-13-15-5-4-10-27-15)11-18-21(23)16-6-2-3-7-17(16)22(18)24/h2-12H,13H2,1H3. The summed E-state index contributed by atoms with van der Waals surface area (Å²) in [4.78, 5) is 26.2. The van der Waals surface area contributed by atoms with Gasteiger partial charge in [0.05, 0.1) is 12.7 Å². The van der Waals surface area contributed by atoms with Gasteiger partial charge in [-0.2, -0.15) is 0 Å². The van der Waals surface area contributed by atoms with Crippen LogP contribution < -0.4 is 9.47 Å². The molecule has 4 rings (SSSR count). The summed E-state index contributed by atoms with van der Waals surface area (Å²) in [7, 11) is 1.56. The van der Waals surface area contributed by atoms with Crippen LogP contribution in [0.4, 0.5) is 0 Å². The minimum atomic E-state index is -0.243. The Morgan fingerprint density at radius 1 is 0.926 bits per heavy atom. The minimum absolute atomic E-state index is 0.172. The quantitative estimate of drug-likeness (QED) is 0.474. The van der Waals surface area contributed by atoms with Crippen molar-refractivity contribution in [2.45, 2.75) is 6.61 Å². The molecule has 3 aromatic rings. The molecule has 2 aromatic carbocycles. The Labute approximate surface area is 160 Å². The van der Waals surface area contributed by atoms with E-state index in [1.807, 2.05) is 23.6 Å². The summed E-state index contributed by atoms with van der Waals surface area (Å²) in [6.07, 6.45) is 1.61. The van der Waals surface area contributed by atoms with E-state index in [-0.39, 0.29) is 17.1 Å². The zero-order valence-corrected chi connectivity index (χ0v) is 15.4. The Balaban J connectivity index is 1.60. The summed E-state index contributed by atoms with van der Waals surface area (Å²) in [5.74, 6) is 0.678. The van der Waals surface area contributed by atoms with E-state index in [1.54, 1.807) is 60.9 Å². The molecule has 27 heavy (non-hydrogen) atoms. The van der Waals surface area contributed by atoms with Gasteiger partial charge in [-0.05, 0) is 35.2 Å². The lowest BCUT2D eigenvalue weighted by Gasteiger charge is -2.11. The number of thiophene rings is 1. The summed E-state index contributed by atoms with van der Waals surface area (Å²) in [5, 5.41) is 2.00. The van der Waals surface area contributed by atoms with Crippen LogP contribution in [0.25, 0.3) is 6.08 Å². The molecule has 0 amide bonds. The van der Waals surface area contributed by atoms with Crippen LogP contribution in [-0.2, 0) is 6.61 Å². The molecule has 0 N–H and O–H groups in total. The third-order valence-corrected chi connectivity index (χ3v) is 5.20. The highest BCUT2D eigenvalue weighted by Gasteiger charge is 2.32. The van der Waals surface area contributed by atoms with Crippen molar-refractivity contribution in [2.75, 3.05) is 7.11 Å². The SMILES string of the molecule is COc1cc(C=C2C(=O)c3ccccc3C2=O)ccc1OCc1cccs1. The van der Waals surface area contributed by atoms with Gasteiger partial charge in [-0.1, -0.05) is 36.4 Å². The van der Waals surface area contributed by atoms with E-state index >= 15 is 0 Å². The normalized spacial score (nSPS) is 12.9. The molecule has 0 bridgehead atoms. The molecule has 0 aliphatic heterocycles. The number of ketones is 2. The van der Waals surface area contributed by atoms with E-state index < -0.39 is 0 Å². The van der Waals surface area contributed by atoms with Crippen molar-refractivity contribution < 1.29 is 19.1 Å². The van der Waals surface area contributed by atoms with Gasteiger partial charge < -0.3 is 9.47 Å². The van der Waals surface area contributed by atoms with Crippen molar-refractivity contribution in [2.24, 2.45) is 0 Å². The molecule has 0 spiro atoms. The largest absolute Gasteiger partial charge is 0.493 e. The molecule has 0 saturated heterocycles. The van der Waals surface area contributed by atoms with Gasteiger partial charge in [0.2, 0.25) is 0 Å². The number of Topliss-reactive ketones (excluding diaryl/α,β-unsaturated/α-hetero) is 2. The van der Waals surface area contributed by atoms with E-state index in [2.05, 4.69) is 0 Å². The van der Waals surface area contributed by atoms with Gasteiger partial charge in [-0.3, -0.25) is 9.59 Å². The molecule has 0 saturated carbocycles. The maximum Gasteiger partial charge on any atom is 0.197 e. The maximum atomic E-state index is 12.5. The van der Waals surface area contributed by atoms with E-state index in [1.165, 1.54) is 0 Å². The number of allylic oxidation sites excluding steroid dienone is 1. The number of hydrogen-bond acceptors (Lipinski definition) is 5. The van der Waals surface area contributed by atoms with Gasteiger partial charge in [-0.15, -0.1) is 11.3 Å². The summed E-state index contributed by atoms with van der Waals surface area (Å²) in [5.41, 5.74) is 1.79. The molecule has 1 heterocycles. The van der Waals surface area contributed by atoms with E-state index in [0.29, 0.717) is 34.8 Å². The highest BCUT2D eigenvalue weighted by Crippen LogP contribution is 2.32. The van der Waals surface area contributed by atoms with Crippen LogP contribution in [0.15, 0.2) is 65.6 Å². The van der Waals surface area contributed by atoms with Crippen molar-refractivity contribution in [3.05, 3.63) is 87.1 Å². The average Bonchev–Trinajstić information content (AvgIpc) is 3.30. The molecule has 4 nitrogen and oxygen atoms in total. The Morgan fingerprint density at radius 2 is 1.67 bits per heavy atom. The third-order valence-electron chi connectivity index (χ3n) is 4.35. The zero-order chi connectivity index (χ0) is 18.8. The highest BCUT2D eigenvalue weighted by molar-refractivity contribution is 7.09. The highest BCUT2D eigenvalue weighted by atomic mass is 32.1. The van der Waals surface area contributed by atoms with Gasteiger partial charge in [0, 0.05) is 16.0 Å². The van der Waals surface area contributed by atoms with Gasteiger partial charge in [0.25, 0.3) is 0 Å². The second-order valence-corrected chi connectivity index (χ2v) is 7.07. The van der Waals surface area contributed by atoms with E-state index in [4.69, 9.17) is 9.47 Å². The second kappa shape index (κ2) is 7.21.